The maximum Gasteiger partial charge on any atom is 0.304 e. The summed E-state index contributed by atoms with van der Waals surface area (Å²) in [5, 5.41) is 9.15. The van der Waals surface area contributed by atoms with Crippen LogP contribution in [0.5, 0.6) is 17.2 Å². The van der Waals surface area contributed by atoms with Gasteiger partial charge in [0.15, 0.2) is 9.84 Å². The Kier molecular flexibility index (Phi) is 7.53. The number of hydrogen-bond donors (Lipinski definition) is 1. The van der Waals surface area contributed by atoms with Crippen LogP contribution in [0.4, 0.5) is 4.39 Å². The fraction of sp³-hybridized carbons (Fsp3) is 0.406. The Balaban J connectivity index is 1.40. The summed E-state index contributed by atoms with van der Waals surface area (Å²) in [4.78, 5) is 11.2. The van der Waals surface area contributed by atoms with Crippen molar-refractivity contribution in [3.8, 4) is 28.4 Å². The Morgan fingerprint density at radius 3 is 2.46 bits per heavy atom. The molecule has 1 heterocycles. The molecule has 1 aliphatic heterocycles. The zero-order chi connectivity index (χ0) is 29.7. The third-order valence-electron chi connectivity index (χ3n) is 8.21. The summed E-state index contributed by atoms with van der Waals surface area (Å²) in [7, 11) is -3.29. The molecule has 1 aliphatic carbocycles. The maximum absolute atomic E-state index is 15.3. The summed E-state index contributed by atoms with van der Waals surface area (Å²) in [6.45, 7) is 7.57. The summed E-state index contributed by atoms with van der Waals surface area (Å²) >= 11 is 0. The molecule has 9 heteroatoms. The molecular weight excluding hydrogens is 547 g/mol. The van der Waals surface area contributed by atoms with Crippen molar-refractivity contribution in [1.29, 1.82) is 0 Å². The van der Waals surface area contributed by atoms with Crippen molar-refractivity contribution < 1.29 is 36.9 Å². The van der Waals surface area contributed by atoms with Crippen LogP contribution in [0, 0.1) is 19.7 Å². The molecule has 3 aromatic carbocycles. The van der Waals surface area contributed by atoms with E-state index in [2.05, 4.69) is 0 Å². The van der Waals surface area contributed by atoms with Gasteiger partial charge in [0.1, 0.15) is 40.5 Å². The van der Waals surface area contributed by atoms with Crippen LogP contribution in [-0.2, 0) is 21.1 Å². The van der Waals surface area contributed by atoms with Crippen molar-refractivity contribution in [1.82, 2.24) is 0 Å². The Labute approximate surface area is 240 Å². The van der Waals surface area contributed by atoms with E-state index in [4.69, 9.17) is 19.3 Å². The molecule has 0 amide bonds. The minimum atomic E-state index is -3.29. The van der Waals surface area contributed by atoms with Crippen LogP contribution in [0.15, 0.2) is 42.5 Å². The van der Waals surface area contributed by atoms with Gasteiger partial charge in [-0.2, -0.15) is 0 Å². The number of fused-ring (bicyclic) bond motifs is 2. The van der Waals surface area contributed by atoms with Gasteiger partial charge in [0.05, 0.1) is 13.0 Å². The Morgan fingerprint density at radius 1 is 1.10 bits per heavy atom. The van der Waals surface area contributed by atoms with Gasteiger partial charge in [-0.15, -0.1) is 0 Å². The lowest BCUT2D eigenvalue weighted by molar-refractivity contribution is -0.137. The summed E-state index contributed by atoms with van der Waals surface area (Å²) in [5.74, 6) is 0.360. The maximum atomic E-state index is 15.3. The Hall–Kier alpha value is -3.59. The second kappa shape index (κ2) is 10.7. The van der Waals surface area contributed by atoms with Gasteiger partial charge in [-0.05, 0) is 92.6 Å². The molecule has 218 valence electrons. The second-order valence-corrected chi connectivity index (χ2v) is 14.3. The van der Waals surface area contributed by atoms with Gasteiger partial charge in [0, 0.05) is 29.4 Å². The number of rotatable bonds is 9. The number of aliphatic carboxylic acids is 1. The predicted octanol–water partition coefficient (Wildman–Crippen LogP) is 6.33. The van der Waals surface area contributed by atoms with Crippen molar-refractivity contribution >= 4 is 15.8 Å². The number of aryl methyl sites for hydroxylation is 2. The van der Waals surface area contributed by atoms with E-state index in [1.165, 1.54) is 12.3 Å². The zero-order valence-electron chi connectivity index (χ0n) is 23.9. The van der Waals surface area contributed by atoms with Crippen molar-refractivity contribution in [3.05, 3.63) is 76.1 Å². The first-order chi connectivity index (χ1) is 19.2. The smallest absolute Gasteiger partial charge is 0.304 e. The normalized spacial score (nSPS) is 18.0. The topological polar surface area (TPSA) is 99.1 Å². The molecule has 3 aromatic rings. The number of hydrogen-bond acceptors (Lipinski definition) is 6. The average Bonchev–Trinajstić information content (AvgIpc) is 3.47. The van der Waals surface area contributed by atoms with Crippen LogP contribution < -0.4 is 14.2 Å². The van der Waals surface area contributed by atoms with Crippen LogP contribution in [0.1, 0.15) is 66.5 Å². The van der Waals surface area contributed by atoms with E-state index in [9.17, 15) is 13.2 Å². The van der Waals surface area contributed by atoms with E-state index in [1.807, 2.05) is 38.1 Å². The largest absolute Gasteiger partial charge is 0.492 e. The summed E-state index contributed by atoms with van der Waals surface area (Å²) in [6, 6.07) is 12.5. The zero-order valence-corrected chi connectivity index (χ0v) is 24.7. The molecule has 5 rings (SSSR count). The highest BCUT2D eigenvalue weighted by Gasteiger charge is 2.33. The molecule has 0 saturated heterocycles. The minimum Gasteiger partial charge on any atom is -0.492 e. The Bertz CT molecular complexity index is 1600. The first kappa shape index (κ1) is 28.9. The molecule has 0 fully saturated rings. The lowest BCUT2D eigenvalue weighted by Crippen LogP contribution is -2.37. The van der Waals surface area contributed by atoms with Gasteiger partial charge in [0.25, 0.3) is 0 Å². The van der Waals surface area contributed by atoms with Crippen molar-refractivity contribution in [2.24, 2.45) is 0 Å². The number of halogens is 1. The fourth-order valence-corrected chi connectivity index (χ4v) is 5.97. The predicted molar refractivity (Wildman–Crippen MR) is 154 cm³/mol. The minimum absolute atomic E-state index is 0.00175. The number of ether oxygens (including phenoxy) is 3. The number of carboxylic acid groups (broad SMARTS) is 1. The van der Waals surface area contributed by atoms with E-state index in [0.29, 0.717) is 42.3 Å². The Morgan fingerprint density at radius 2 is 1.80 bits per heavy atom. The van der Waals surface area contributed by atoms with Crippen LogP contribution >= 0.6 is 0 Å². The second-order valence-electron chi connectivity index (χ2n) is 11.7. The van der Waals surface area contributed by atoms with E-state index in [1.54, 1.807) is 26.0 Å². The molecule has 2 unspecified atom stereocenters. The lowest BCUT2D eigenvalue weighted by atomic mass is 9.90. The number of carboxylic acids is 1. The van der Waals surface area contributed by atoms with Crippen LogP contribution in [0.2, 0.25) is 0 Å². The SMILES string of the molecule is Cc1cc(OCC(C)(C)S(C)(=O)=O)cc(C)c1-c1ccc(F)c2c1CCC2Oc1ccc2c(c1)OCC2CC(=O)O. The van der Waals surface area contributed by atoms with Crippen molar-refractivity contribution in [2.75, 3.05) is 19.5 Å². The standard InChI is InChI=1S/C32H35FO7S/c1-18-12-22(39-17-32(3,4)41(5,36)37)13-19(2)30(18)24-8-10-26(33)31-25(24)9-11-27(31)40-21-6-7-23-20(14-29(34)35)16-38-28(23)15-21/h6-8,10,12-13,15,20,27H,9,11,14,16-17H2,1-5H3,(H,34,35). The lowest BCUT2D eigenvalue weighted by Gasteiger charge is -2.23. The fourth-order valence-electron chi connectivity index (χ4n) is 5.70. The molecule has 2 aliphatic rings. The van der Waals surface area contributed by atoms with Crippen molar-refractivity contribution in [3.63, 3.8) is 0 Å². The third-order valence-corrected chi connectivity index (χ3v) is 10.3. The molecule has 0 radical (unpaired) electrons. The molecular formula is C32H35FO7S. The van der Waals surface area contributed by atoms with Gasteiger partial charge in [0.2, 0.25) is 0 Å². The summed E-state index contributed by atoms with van der Waals surface area (Å²) in [6.07, 6.45) is 2.00. The molecule has 0 spiro atoms. The van der Waals surface area contributed by atoms with E-state index in [0.717, 1.165) is 33.4 Å². The van der Waals surface area contributed by atoms with Crippen LogP contribution in [-0.4, -0.2) is 43.7 Å². The monoisotopic (exact) mass is 582 g/mol. The summed E-state index contributed by atoms with van der Waals surface area (Å²) < 4.78 is 56.3. The van der Waals surface area contributed by atoms with E-state index >= 15 is 4.39 Å². The average molecular weight is 583 g/mol. The first-order valence-electron chi connectivity index (χ1n) is 13.7. The quantitative estimate of drug-likeness (QED) is 0.315. The number of sulfone groups is 1. The van der Waals surface area contributed by atoms with Crippen LogP contribution in [0.25, 0.3) is 11.1 Å². The molecule has 0 saturated carbocycles. The molecule has 0 bridgehead atoms. The van der Waals surface area contributed by atoms with Gasteiger partial charge in [-0.3, -0.25) is 4.79 Å². The number of carbonyl (C=O) groups is 1. The van der Waals surface area contributed by atoms with E-state index < -0.39 is 26.7 Å². The summed E-state index contributed by atoms with van der Waals surface area (Å²) in [5.41, 5.74) is 6.13. The van der Waals surface area contributed by atoms with Crippen molar-refractivity contribution in [2.45, 2.75) is 63.7 Å². The molecule has 1 N–H and O–H groups in total. The molecule has 2 atom stereocenters. The highest BCUT2D eigenvalue weighted by atomic mass is 32.2. The van der Waals surface area contributed by atoms with Gasteiger partial charge in [-0.25, -0.2) is 12.8 Å². The van der Waals surface area contributed by atoms with Crippen LogP contribution in [0.3, 0.4) is 0 Å². The molecule has 41 heavy (non-hydrogen) atoms. The van der Waals surface area contributed by atoms with Gasteiger partial charge >= 0.3 is 5.97 Å². The first-order valence-corrected chi connectivity index (χ1v) is 15.5. The van der Waals surface area contributed by atoms with Gasteiger partial charge < -0.3 is 19.3 Å². The molecule has 7 nitrogen and oxygen atoms in total. The molecule has 0 aromatic heterocycles. The highest BCUT2D eigenvalue weighted by Crippen LogP contribution is 2.45. The van der Waals surface area contributed by atoms with Gasteiger partial charge in [-0.1, -0.05) is 12.1 Å². The van der Waals surface area contributed by atoms with E-state index in [-0.39, 0.29) is 24.8 Å². The third kappa shape index (κ3) is 5.64. The number of benzene rings is 3. The highest BCUT2D eigenvalue weighted by molar-refractivity contribution is 7.92.